The van der Waals surface area contributed by atoms with Gasteiger partial charge in [-0.25, -0.2) is 9.97 Å². The average Bonchev–Trinajstić information content (AvgIpc) is 3.37. The van der Waals surface area contributed by atoms with Gasteiger partial charge >= 0.3 is 6.18 Å². The van der Waals surface area contributed by atoms with Gasteiger partial charge in [0.1, 0.15) is 11.5 Å². The highest BCUT2D eigenvalue weighted by Crippen LogP contribution is 2.31. The molecule has 2 N–H and O–H groups in total. The van der Waals surface area contributed by atoms with Crippen LogP contribution in [0.4, 0.5) is 19.0 Å². The van der Waals surface area contributed by atoms with Gasteiger partial charge in [-0.3, -0.25) is 4.79 Å². The highest BCUT2D eigenvalue weighted by Gasteiger charge is 2.29. The first-order valence-electron chi connectivity index (χ1n) is 11.4. The number of carbonyl (C=O) groups is 1. The summed E-state index contributed by atoms with van der Waals surface area (Å²) in [4.78, 5) is 23.2. The van der Waals surface area contributed by atoms with E-state index in [1.165, 1.54) is 18.6 Å². The number of alkyl halides is 3. The lowest BCUT2D eigenvalue weighted by Crippen LogP contribution is -2.36. The number of piperidine rings is 1. The summed E-state index contributed by atoms with van der Waals surface area (Å²) in [5.74, 6) is 0.503. The molecule has 0 aliphatic carbocycles. The van der Waals surface area contributed by atoms with Crippen LogP contribution in [-0.2, 0) is 24.1 Å². The van der Waals surface area contributed by atoms with Crippen LogP contribution in [0.3, 0.4) is 0 Å². The van der Waals surface area contributed by atoms with E-state index in [0.717, 1.165) is 60.1 Å². The van der Waals surface area contributed by atoms with E-state index in [-0.39, 0.29) is 5.91 Å². The first kappa shape index (κ1) is 25.4. The molecule has 182 valence electrons. The van der Waals surface area contributed by atoms with E-state index in [1.54, 1.807) is 12.3 Å². The van der Waals surface area contributed by atoms with Crippen LogP contribution >= 0.6 is 0 Å². The Morgan fingerprint density at radius 2 is 1.68 bits per heavy atom. The Balaban J connectivity index is 0.000000228. The molecule has 1 saturated heterocycles. The highest BCUT2D eigenvalue weighted by atomic mass is 19.4. The monoisotopic (exact) mass is 474 g/mol. The number of hydrogen-bond acceptors (Lipinski definition) is 5. The fraction of sp³-hybridized carbons (Fsp3) is 0.400. The van der Waals surface area contributed by atoms with Crippen LogP contribution in [-0.4, -0.2) is 33.9 Å². The van der Waals surface area contributed by atoms with Gasteiger partial charge in [0.2, 0.25) is 0 Å². The zero-order chi connectivity index (χ0) is 24.7. The molecule has 1 amide bonds. The van der Waals surface area contributed by atoms with Crippen LogP contribution in [0.25, 0.3) is 10.9 Å². The number of aromatic nitrogens is 2. The lowest BCUT2D eigenvalue weighted by Gasteiger charge is -2.26. The van der Waals surface area contributed by atoms with Crippen molar-refractivity contribution in [3.8, 4) is 0 Å². The van der Waals surface area contributed by atoms with Crippen molar-refractivity contribution in [3.63, 3.8) is 0 Å². The summed E-state index contributed by atoms with van der Waals surface area (Å²) in [5, 5.41) is 0.928. The average molecular weight is 475 g/mol. The number of benzene rings is 1. The largest absolute Gasteiger partial charge is 0.416 e. The number of rotatable bonds is 1. The van der Waals surface area contributed by atoms with E-state index < -0.39 is 11.7 Å². The first-order valence-corrected chi connectivity index (χ1v) is 11.4. The number of amides is 1. The van der Waals surface area contributed by atoms with Crippen LogP contribution < -0.4 is 5.73 Å². The van der Waals surface area contributed by atoms with Crippen molar-refractivity contribution in [2.24, 2.45) is 0 Å². The second-order valence-corrected chi connectivity index (χ2v) is 7.75. The summed E-state index contributed by atoms with van der Waals surface area (Å²) < 4.78 is 40.8. The quantitative estimate of drug-likeness (QED) is 0.497. The van der Waals surface area contributed by atoms with Gasteiger partial charge in [0, 0.05) is 24.0 Å². The summed E-state index contributed by atoms with van der Waals surface area (Å²) in [5.41, 5.74) is 8.54. The molecule has 9 heteroatoms. The molecule has 6 nitrogen and oxygen atoms in total. The Morgan fingerprint density at radius 1 is 1.03 bits per heavy atom. The number of pyridine rings is 2. The van der Waals surface area contributed by atoms with Crippen molar-refractivity contribution in [2.45, 2.75) is 52.5 Å². The lowest BCUT2D eigenvalue weighted by molar-refractivity contribution is -0.137. The molecule has 1 aromatic carbocycles. The predicted octanol–water partition coefficient (Wildman–Crippen LogP) is 5.60. The number of fused-ring (bicyclic) bond motifs is 3. The third-order valence-corrected chi connectivity index (χ3v) is 5.58. The van der Waals surface area contributed by atoms with E-state index in [1.807, 2.05) is 24.8 Å². The van der Waals surface area contributed by atoms with Crippen molar-refractivity contribution < 1.29 is 22.7 Å². The van der Waals surface area contributed by atoms with Crippen molar-refractivity contribution in [1.29, 1.82) is 0 Å². The molecule has 3 aromatic rings. The maximum Gasteiger partial charge on any atom is 0.416 e. The molecule has 0 saturated carbocycles. The highest BCUT2D eigenvalue weighted by molar-refractivity contribution is 5.97. The maximum absolute atomic E-state index is 12.6. The van der Waals surface area contributed by atoms with Gasteiger partial charge in [-0.05, 0) is 30.9 Å². The van der Waals surface area contributed by atoms with E-state index in [0.29, 0.717) is 24.7 Å². The molecule has 0 radical (unpaired) electrons. The Hall–Kier alpha value is -3.20. The molecule has 2 aliphatic heterocycles. The zero-order valence-electron chi connectivity index (χ0n) is 19.4. The molecule has 0 spiro atoms. The van der Waals surface area contributed by atoms with Crippen LogP contribution in [0, 0.1) is 0 Å². The predicted molar refractivity (Wildman–Crippen MR) is 125 cm³/mol. The fourth-order valence-corrected chi connectivity index (χ4v) is 3.88. The standard InChI is InChI=1S/C16H18N4O2.C7H5F3.C2H6/c17-15-12-9-22-8-11(12)10-6-13(18-7-14(10)19-15)16(21)20-4-2-1-3-5-20;8-7(9,10)6-4-2-1-3-5-6;1-2/h6-7H,1-5,8-9H2,(H2,17,19);1-5H;1-2H3. The molecule has 0 unspecified atom stereocenters. The van der Waals surface area contributed by atoms with E-state index in [4.69, 9.17) is 10.5 Å². The fourth-order valence-electron chi connectivity index (χ4n) is 3.88. The summed E-state index contributed by atoms with van der Waals surface area (Å²) in [6, 6.07) is 8.20. The van der Waals surface area contributed by atoms with Crippen molar-refractivity contribution >= 4 is 22.6 Å². The summed E-state index contributed by atoms with van der Waals surface area (Å²) in [6.45, 7) is 6.64. The van der Waals surface area contributed by atoms with Crippen LogP contribution in [0.5, 0.6) is 0 Å². The lowest BCUT2D eigenvalue weighted by atomic mass is 10.0. The van der Waals surface area contributed by atoms with Gasteiger partial charge in [0.15, 0.2) is 0 Å². The minimum Gasteiger partial charge on any atom is -0.383 e. The third-order valence-electron chi connectivity index (χ3n) is 5.58. The number of hydrogen-bond donors (Lipinski definition) is 1. The summed E-state index contributed by atoms with van der Waals surface area (Å²) >= 11 is 0. The molecular weight excluding hydrogens is 445 g/mol. The molecule has 0 atom stereocenters. The Kier molecular flexibility index (Phi) is 8.44. The van der Waals surface area contributed by atoms with Crippen molar-refractivity contribution in [2.75, 3.05) is 18.8 Å². The number of nitrogens with two attached hydrogens (primary N) is 1. The second-order valence-electron chi connectivity index (χ2n) is 7.75. The van der Waals surface area contributed by atoms with E-state index >= 15 is 0 Å². The van der Waals surface area contributed by atoms with Crippen LogP contribution in [0.2, 0.25) is 0 Å². The molecule has 4 heterocycles. The Morgan fingerprint density at radius 3 is 2.29 bits per heavy atom. The molecule has 2 aliphatic rings. The number of likely N-dealkylation sites (tertiary alicyclic amines) is 1. The summed E-state index contributed by atoms with van der Waals surface area (Å²) in [6.07, 6.45) is 0.771. The molecule has 5 rings (SSSR count). The van der Waals surface area contributed by atoms with Gasteiger partial charge in [0.25, 0.3) is 5.91 Å². The minimum absolute atomic E-state index is 0.00564. The number of ether oxygens (including phenoxy) is 1. The topological polar surface area (TPSA) is 81.3 Å². The second kappa shape index (κ2) is 11.3. The Labute approximate surface area is 196 Å². The SMILES string of the molecule is CC.FC(F)(F)c1ccccc1.Nc1nc2cnc(C(=O)N3CCCCC3)cc2c2c1COC2. The number of nitrogens with zero attached hydrogens (tertiary/aromatic N) is 3. The number of halogens is 3. The summed E-state index contributed by atoms with van der Waals surface area (Å²) in [7, 11) is 0. The molecular formula is C25H29F3N4O2. The Bertz CT molecular complexity index is 1110. The maximum atomic E-state index is 12.6. The third kappa shape index (κ3) is 5.83. The van der Waals surface area contributed by atoms with Gasteiger partial charge in [-0.2, -0.15) is 13.2 Å². The molecule has 2 aromatic heterocycles. The van der Waals surface area contributed by atoms with Gasteiger partial charge in [-0.15, -0.1) is 0 Å². The van der Waals surface area contributed by atoms with Gasteiger partial charge in [-0.1, -0.05) is 44.2 Å². The zero-order valence-corrected chi connectivity index (χ0v) is 19.4. The number of carbonyl (C=O) groups excluding carboxylic acids is 1. The van der Waals surface area contributed by atoms with Gasteiger partial charge < -0.3 is 15.4 Å². The molecule has 1 fully saturated rings. The van der Waals surface area contributed by atoms with Crippen LogP contribution in [0.1, 0.15) is 60.3 Å². The number of anilines is 1. The van der Waals surface area contributed by atoms with Gasteiger partial charge in [0.05, 0.1) is 30.5 Å². The molecule has 0 bridgehead atoms. The molecule has 34 heavy (non-hydrogen) atoms. The number of nitrogen functional groups attached to an aromatic ring is 1. The first-order chi connectivity index (χ1) is 16.3. The van der Waals surface area contributed by atoms with Crippen LogP contribution in [0.15, 0.2) is 42.6 Å². The van der Waals surface area contributed by atoms with Crippen molar-refractivity contribution in [1.82, 2.24) is 14.9 Å². The van der Waals surface area contributed by atoms with E-state index in [9.17, 15) is 18.0 Å². The smallest absolute Gasteiger partial charge is 0.383 e. The van der Waals surface area contributed by atoms with Crippen molar-refractivity contribution in [3.05, 3.63) is 65.0 Å². The van der Waals surface area contributed by atoms with E-state index in [2.05, 4.69) is 9.97 Å². The normalized spacial score (nSPS) is 15.0. The minimum atomic E-state index is -4.21.